The molecule has 4 rings (SSSR count). The molecule has 1 heterocycles. The van der Waals surface area contributed by atoms with Gasteiger partial charge in [0.05, 0.1) is 0 Å². The maximum Gasteiger partial charge on any atom is 0.210 e. The van der Waals surface area contributed by atoms with Crippen LogP contribution in [0.2, 0.25) is 0 Å². The van der Waals surface area contributed by atoms with Gasteiger partial charge in [-0.25, -0.2) is 4.98 Å². The quantitative estimate of drug-likeness (QED) is 0.278. The molecule has 0 unspecified atom stereocenters. The highest BCUT2D eigenvalue weighted by atomic mass is 32.2. The fourth-order valence-electron chi connectivity index (χ4n) is 4.02. The summed E-state index contributed by atoms with van der Waals surface area (Å²) in [5.41, 5.74) is 1.21. The van der Waals surface area contributed by atoms with Gasteiger partial charge in [0.1, 0.15) is 21.7 Å². The van der Waals surface area contributed by atoms with Crippen LogP contribution in [0.25, 0.3) is 0 Å². The standard InChI is InChI=1S/C28H32N2PS/c1-5-21-32-26-25(29-27(30-26)28(2,3)4)31(22-15-9-6-10-16-22,23-17-11-7-12-18-23)24-19-13-8-14-20-24/h6-20H,5,21H2,1-4H3,(H,29,30)/q+1. The SMILES string of the molecule is CCCSc1nc(C(C)(C)C)[nH]c1[P+](c1ccccc1)(c1ccccc1)c1ccccc1. The Kier molecular flexibility index (Phi) is 6.88. The molecule has 0 bridgehead atoms. The lowest BCUT2D eigenvalue weighted by atomic mass is 9.96. The van der Waals surface area contributed by atoms with Crippen LogP contribution in [0.4, 0.5) is 0 Å². The minimum Gasteiger partial charge on any atom is -0.311 e. The van der Waals surface area contributed by atoms with Gasteiger partial charge < -0.3 is 4.98 Å². The monoisotopic (exact) mass is 459 g/mol. The number of aromatic amines is 1. The number of rotatable bonds is 7. The van der Waals surface area contributed by atoms with Crippen molar-refractivity contribution < 1.29 is 0 Å². The second-order valence-corrected chi connectivity index (χ2v) is 13.4. The van der Waals surface area contributed by atoms with Crippen LogP contribution in [0.5, 0.6) is 0 Å². The number of benzene rings is 3. The molecule has 0 fully saturated rings. The van der Waals surface area contributed by atoms with Gasteiger partial charge in [-0.2, -0.15) is 0 Å². The zero-order valence-corrected chi connectivity index (χ0v) is 21.1. The second kappa shape index (κ2) is 9.65. The molecule has 0 radical (unpaired) electrons. The van der Waals surface area contributed by atoms with E-state index in [1.54, 1.807) is 0 Å². The highest BCUT2D eigenvalue weighted by Gasteiger charge is 2.51. The molecule has 4 heteroatoms. The summed E-state index contributed by atoms with van der Waals surface area (Å²) in [4.78, 5) is 9.08. The molecule has 4 aromatic rings. The Morgan fingerprint density at radius 3 is 1.56 bits per heavy atom. The summed E-state index contributed by atoms with van der Waals surface area (Å²) in [7, 11) is -2.17. The molecular weight excluding hydrogens is 427 g/mol. The number of aromatic nitrogens is 2. The van der Waals surface area contributed by atoms with Gasteiger partial charge in [0, 0.05) is 5.41 Å². The Bertz CT molecular complexity index is 1040. The van der Waals surface area contributed by atoms with E-state index in [0.29, 0.717) is 0 Å². The van der Waals surface area contributed by atoms with Gasteiger partial charge in [0.25, 0.3) is 0 Å². The van der Waals surface area contributed by atoms with Crippen LogP contribution in [0.3, 0.4) is 0 Å². The van der Waals surface area contributed by atoms with E-state index in [0.717, 1.165) is 23.0 Å². The molecule has 0 saturated carbocycles. The number of hydrogen-bond donors (Lipinski definition) is 1. The first-order chi connectivity index (χ1) is 15.5. The average Bonchev–Trinajstić information content (AvgIpc) is 3.25. The summed E-state index contributed by atoms with van der Waals surface area (Å²) in [6, 6.07) is 33.0. The number of hydrogen-bond acceptors (Lipinski definition) is 2. The minimum absolute atomic E-state index is 0.0561. The zero-order chi connectivity index (χ0) is 22.6. The first-order valence-corrected chi connectivity index (χ1v) is 14.0. The Morgan fingerprint density at radius 1 is 0.750 bits per heavy atom. The van der Waals surface area contributed by atoms with E-state index < -0.39 is 7.26 Å². The van der Waals surface area contributed by atoms with Crippen molar-refractivity contribution in [2.24, 2.45) is 0 Å². The average molecular weight is 460 g/mol. The number of nitrogens with zero attached hydrogens (tertiary/aromatic N) is 1. The smallest absolute Gasteiger partial charge is 0.210 e. The molecule has 1 N–H and O–H groups in total. The molecule has 1 aromatic heterocycles. The van der Waals surface area contributed by atoms with Gasteiger partial charge in [-0.15, -0.1) is 11.8 Å². The van der Waals surface area contributed by atoms with Crippen molar-refractivity contribution in [2.75, 3.05) is 5.75 Å². The van der Waals surface area contributed by atoms with Crippen LogP contribution in [0.1, 0.15) is 39.9 Å². The summed E-state index contributed by atoms with van der Waals surface area (Å²) < 4.78 is 0. The van der Waals surface area contributed by atoms with Gasteiger partial charge >= 0.3 is 0 Å². The molecular formula is C28H32N2PS+. The Balaban J connectivity index is 2.13. The third kappa shape index (κ3) is 4.29. The van der Waals surface area contributed by atoms with Gasteiger partial charge in [0.2, 0.25) is 5.44 Å². The van der Waals surface area contributed by atoms with Gasteiger partial charge in [0.15, 0.2) is 12.3 Å². The largest absolute Gasteiger partial charge is 0.311 e. The maximum absolute atomic E-state index is 5.20. The second-order valence-electron chi connectivity index (χ2n) is 9.02. The Labute approximate surface area is 197 Å². The molecule has 0 amide bonds. The minimum atomic E-state index is -2.17. The van der Waals surface area contributed by atoms with Crippen LogP contribution in [0, 0.1) is 0 Å². The maximum atomic E-state index is 5.20. The molecule has 0 aliphatic rings. The van der Waals surface area contributed by atoms with E-state index in [4.69, 9.17) is 4.98 Å². The summed E-state index contributed by atoms with van der Waals surface area (Å²) >= 11 is 1.88. The summed E-state index contributed by atoms with van der Waals surface area (Å²) in [6.45, 7) is 8.94. The van der Waals surface area contributed by atoms with Crippen molar-refractivity contribution in [3.05, 3.63) is 96.8 Å². The number of thioether (sulfide) groups is 1. The van der Waals surface area contributed by atoms with Crippen LogP contribution in [-0.4, -0.2) is 15.7 Å². The van der Waals surface area contributed by atoms with Crippen molar-refractivity contribution in [1.29, 1.82) is 0 Å². The number of H-pyrrole nitrogens is 1. The molecule has 32 heavy (non-hydrogen) atoms. The third-order valence-electron chi connectivity index (χ3n) is 5.57. The van der Waals surface area contributed by atoms with E-state index in [9.17, 15) is 0 Å². The normalized spacial score (nSPS) is 12.1. The molecule has 3 aromatic carbocycles. The molecule has 0 spiro atoms. The van der Waals surface area contributed by atoms with Crippen molar-refractivity contribution in [2.45, 2.75) is 44.6 Å². The first kappa shape index (κ1) is 22.8. The fourth-order valence-corrected chi connectivity index (χ4v) is 9.50. The first-order valence-electron chi connectivity index (χ1n) is 11.3. The molecule has 0 aliphatic heterocycles. The van der Waals surface area contributed by atoms with Crippen molar-refractivity contribution >= 4 is 40.4 Å². The van der Waals surface area contributed by atoms with Crippen LogP contribution in [-0.2, 0) is 5.41 Å². The van der Waals surface area contributed by atoms with Crippen LogP contribution in [0.15, 0.2) is 96.0 Å². The Hall–Kier alpha value is -2.35. The summed E-state index contributed by atoms with van der Waals surface area (Å²) in [5.74, 6) is 2.11. The van der Waals surface area contributed by atoms with E-state index in [-0.39, 0.29) is 5.41 Å². The van der Waals surface area contributed by atoms with E-state index in [1.807, 2.05) is 11.8 Å². The van der Waals surface area contributed by atoms with Gasteiger partial charge in [-0.05, 0) is 48.6 Å². The lowest BCUT2D eigenvalue weighted by Crippen LogP contribution is -2.40. The van der Waals surface area contributed by atoms with Crippen LogP contribution >= 0.6 is 19.0 Å². The molecule has 164 valence electrons. The summed E-state index contributed by atoms with van der Waals surface area (Å²) in [5, 5.41) is 5.18. The lowest BCUT2D eigenvalue weighted by Gasteiger charge is -2.26. The third-order valence-corrected chi connectivity index (χ3v) is 11.1. The highest BCUT2D eigenvalue weighted by Crippen LogP contribution is 2.55. The van der Waals surface area contributed by atoms with Gasteiger partial charge in [-0.1, -0.05) is 82.3 Å². The zero-order valence-electron chi connectivity index (χ0n) is 19.4. The molecule has 2 nitrogen and oxygen atoms in total. The topological polar surface area (TPSA) is 28.7 Å². The van der Waals surface area contributed by atoms with E-state index in [2.05, 4.69) is 124 Å². The molecule has 0 aliphatic carbocycles. The highest BCUT2D eigenvalue weighted by molar-refractivity contribution is 8.04. The van der Waals surface area contributed by atoms with Crippen molar-refractivity contribution in [1.82, 2.24) is 9.97 Å². The lowest BCUT2D eigenvalue weighted by molar-refractivity contribution is 0.550. The molecule has 0 atom stereocenters. The Morgan fingerprint density at radius 2 is 1.19 bits per heavy atom. The van der Waals surface area contributed by atoms with E-state index >= 15 is 0 Å². The number of imidazole rings is 1. The molecule has 0 saturated heterocycles. The predicted molar refractivity (Wildman–Crippen MR) is 143 cm³/mol. The number of nitrogens with one attached hydrogen (secondary N) is 1. The summed E-state index contributed by atoms with van der Waals surface area (Å²) in [6.07, 6.45) is 1.12. The van der Waals surface area contributed by atoms with Crippen LogP contribution < -0.4 is 21.3 Å². The van der Waals surface area contributed by atoms with Crippen molar-refractivity contribution in [3.63, 3.8) is 0 Å². The van der Waals surface area contributed by atoms with Crippen molar-refractivity contribution in [3.8, 4) is 0 Å². The fraction of sp³-hybridized carbons (Fsp3) is 0.250. The van der Waals surface area contributed by atoms with Gasteiger partial charge in [-0.3, -0.25) is 0 Å². The predicted octanol–water partition coefficient (Wildman–Crippen LogP) is 5.83. The van der Waals surface area contributed by atoms with E-state index in [1.165, 1.54) is 21.3 Å².